The summed E-state index contributed by atoms with van der Waals surface area (Å²) in [6, 6.07) is 0. The zero-order chi connectivity index (χ0) is 15.9. The second-order valence-electron chi connectivity index (χ2n) is 6.63. The van der Waals surface area contributed by atoms with Crippen molar-refractivity contribution in [1.82, 2.24) is 0 Å². The van der Waals surface area contributed by atoms with Crippen LogP contribution in [0.1, 0.15) is 63.8 Å². The highest BCUT2D eigenvalue weighted by Gasteiger charge is 2.17. The highest BCUT2D eigenvalue weighted by Crippen LogP contribution is 2.29. The molecular formula is C18H32O2S. The van der Waals surface area contributed by atoms with Crippen LogP contribution in [0.5, 0.6) is 5.75 Å². The van der Waals surface area contributed by atoms with Crippen molar-refractivity contribution in [2.45, 2.75) is 72.8 Å². The third kappa shape index (κ3) is 6.84. The maximum atomic E-state index is 5.95. The number of hydrogen-bond donors (Lipinski definition) is 0. The second-order valence-corrected chi connectivity index (χ2v) is 7.72. The van der Waals surface area contributed by atoms with Crippen molar-refractivity contribution in [2.75, 3.05) is 13.2 Å². The van der Waals surface area contributed by atoms with Crippen LogP contribution in [-0.4, -0.2) is 18.8 Å². The minimum Gasteiger partial charge on any atom is -0.492 e. The molecule has 3 heteroatoms. The van der Waals surface area contributed by atoms with E-state index >= 15 is 0 Å². The van der Waals surface area contributed by atoms with Crippen molar-refractivity contribution in [3.8, 4) is 5.75 Å². The van der Waals surface area contributed by atoms with Gasteiger partial charge in [0.05, 0.1) is 12.2 Å². The molecule has 1 aromatic rings. The highest BCUT2D eigenvalue weighted by molar-refractivity contribution is 7.10. The molecule has 1 heterocycles. The largest absolute Gasteiger partial charge is 0.492 e. The molecule has 0 radical (unpaired) electrons. The van der Waals surface area contributed by atoms with Gasteiger partial charge in [0.15, 0.2) is 0 Å². The summed E-state index contributed by atoms with van der Waals surface area (Å²) >= 11 is 1.77. The predicted octanol–water partition coefficient (Wildman–Crippen LogP) is 5.76. The fourth-order valence-electron chi connectivity index (χ4n) is 2.62. The number of aryl methyl sites for hydroxylation is 2. The Bertz CT molecular complexity index is 390. The van der Waals surface area contributed by atoms with E-state index in [0.29, 0.717) is 5.92 Å². The molecule has 0 N–H and O–H groups in total. The van der Waals surface area contributed by atoms with Gasteiger partial charge < -0.3 is 9.47 Å². The Morgan fingerprint density at radius 1 is 1.24 bits per heavy atom. The standard InChI is InChI=1S/C18H32O2S/c1-7-20-18(5,6)11-8-9-14(2)10-12-19-17-15(3)13-21-16(17)4/h13-14H,7-12H2,1-6H3. The molecule has 0 aliphatic rings. The summed E-state index contributed by atoms with van der Waals surface area (Å²) < 4.78 is 11.7. The summed E-state index contributed by atoms with van der Waals surface area (Å²) in [4.78, 5) is 1.29. The van der Waals surface area contributed by atoms with E-state index in [9.17, 15) is 0 Å². The van der Waals surface area contributed by atoms with Gasteiger partial charge in [0, 0.05) is 17.0 Å². The van der Waals surface area contributed by atoms with E-state index in [0.717, 1.165) is 31.8 Å². The Labute approximate surface area is 134 Å². The summed E-state index contributed by atoms with van der Waals surface area (Å²) in [5.41, 5.74) is 1.29. The van der Waals surface area contributed by atoms with Crippen molar-refractivity contribution in [2.24, 2.45) is 5.92 Å². The topological polar surface area (TPSA) is 18.5 Å². The van der Waals surface area contributed by atoms with Gasteiger partial charge in [0.2, 0.25) is 0 Å². The average molecular weight is 313 g/mol. The van der Waals surface area contributed by atoms with Crippen molar-refractivity contribution >= 4 is 11.3 Å². The maximum Gasteiger partial charge on any atom is 0.135 e. The molecule has 1 atom stereocenters. The lowest BCUT2D eigenvalue weighted by Gasteiger charge is -2.25. The third-order valence-corrected chi connectivity index (χ3v) is 4.97. The first-order valence-corrected chi connectivity index (χ1v) is 9.05. The Hall–Kier alpha value is -0.540. The molecule has 0 saturated carbocycles. The summed E-state index contributed by atoms with van der Waals surface area (Å²) in [5, 5.41) is 2.17. The smallest absolute Gasteiger partial charge is 0.135 e. The Morgan fingerprint density at radius 2 is 1.95 bits per heavy atom. The lowest BCUT2D eigenvalue weighted by atomic mass is 9.95. The molecule has 21 heavy (non-hydrogen) atoms. The fraction of sp³-hybridized carbons (Fsp3) is 0.778. The maximum absolute atomic E-state index is 5.95. The summed E-state index contributed by atoms with van der Waals surface area (Å²) in [5.74, 6) is 1.81. The van der Waals surface area contributed by atoms with Crippen LogP contribution in [0.4, 0.5) is 0 Å². The average Bonchev–Trinajstić information content (AvgIpc) is 2.70. The van der Waals surface area contributed by atoms with Gasteiger partial charge in [-0.15, -0.1) is 11.3 Å². The molecule has 0 aliphatic heterocycles. The molecular weight excluding hydrogens is 280 g/mol. The van der Waals surface area contributed by atoms with Crippen LogP contribution in [0, 0.1) is 19.8 Å². The number of ether oxygens (including phenoxy) is 2. The molecule has 1 unspecified atom stereocenters. The summed E-state index contributed by atoms with van der Waals surface area (Å²) in [6.07, 6.45) is 4.74. The van der Waals surface area contributed by atoms with Gasteiger partial charge in [-0.3, -0.25) is 0 Å². The van der Waals surface area contributed by atoms with Crippen molar-refractivity contribution < 1.29 is 9.47 Å². The van der Waals surface area contributed by atoms with Crippen LogP contribution in [-0.2, 0) is 4.74 Å². The van der Waals surface area contributed by atoms with Crippen LogP contribution in [0.15, 0.2) is 5.38 Å². The lowest BCUT2D eigenvalue weighted by molar-refractivity contribution is -0.0183. The SMILES string of the molecule is CCOC(C)(C)CCCC(C)CCOc1c(C)csc1C. The fourth-order valence-corrected chi connectivity index (χ4v) is 3.41. The van der Waals surface area contributed by atoms with E-state index in [1.807, 2.05) is 0 Å². The minimum atomic E-state index is 0.0237. The molecule has 2 nitrogen and oxygen atoms in total. The van der Waals surface area contributed by atoms with E-state index in [1.54, 1.807) is 11.3 Å². The molecule has 122 valence electrons. The monoisotopic (exact) mass is 312 g/mol. The molecule has 0 amide bonds. The predicted molar refractivity (Wildman–Crippen MR) is 92.6 cm³/mol. The van der Waals surface area contributed by atoms with Gasteiger partial charge in [-0.25, -0.2) is 0 Å². The van der Waals surface area contributed by atoms with Crippen LogP contribution >= 0.6 is 11.3 Å². The molecule has 0 aromatic carbocycles. The Balaban J connectivity index is 2.18. The van der Waals surface area contributed by atoms with Gasteiger partial charge in [0.25, 0.3) is 0 Å². The van der Waals surface area contributed by atoms with Gasteiger partial charge in [0.1, 0.15) is 5.75 Å². The highest BCUT2D eigenvalue weighted by atomic mass is 32.1. The Kier molecular flexibility index (Phi) is 7.75. The zero-order valence-electron chi connectivity index (χ0n) is 14.6. The van der Waals surface area contributed by atoms with Crippen LogP contribution < -0.4 is 4.74 Å². The molecule has 0 fully saturated rings. The van der Waals surface area contributed by atoms with Crippen LogP contribution in [0.2, 0.25) is 0 Å². The lowest BCUT2D eigenvalue weighted by Crippen LogP contribution is -2.24. The van der Waals surface area contributed by atoms with E-state index < -0.39 is 0 Å². The van der Waals surface area contributed by atoms with Gasteiger partial charge in [-0.2, -0.15) is 0 Å². The molecule has 0 spiro atoms. The van der Waals surface area contributed by atoms with Crippen LogP contribution in [0.3, 0.4) is 0 Å². The van der Waals surface area contributed by atoms with E-state index in [2.05, 4.69) is 46.9 Å². The van der Waals surface area contributed by atoms with Gasteiger partial charge in [-0.1, -0.05) is 19.8 Å². The molecule has 1 aromatic heterocycles. The van der Waals surface area contributed by atoms with E-state index in [-0.39, 0.29) is 5.60 Å². The van der Waals surface area contributed by atoms with E-state index in [1.165, 1.54) is 23.3 Å². The Morgan fingerprint density at radius 3 is 2.52 bits per heavy atom. The van der Waals surface area contributed by atoms with Gasteiger partial charge in [-0.05, 0) is 58.8 Å². The second kappa shape index (κ2) is 8.79. The first-order valence-electron chi connectivity index (χ1n) is 8.17. The molecule has 0 saturated heterocycles. The van der Waals surface area contributed by atoms with Gasteiger partial charge >= 0.3 is 0 Å². The van der Waals surface area contributed by atoms with Crippen molar-refractivity contribution in [1.29, 1.82) is 0 Å². The number of rotatable bonds is 10. The van der Waals surface area contributed by atoms with Crippen LogP contribution in [0.25, 0.3) is 0 Å². The number of hydrogen-bond acceptors (Lipinski definition) is 3. The third-order valence-electron chi connectivity index (χ3n) is 3.96. The number of thiophene rings is 1. The normalized spacial score (nSPS) is 13.4. The molecule has 1 rings (SSSR count). The molecule has 0 bridgehead atoms. The quantitative estimate of drug-likeness (QED) is 0.547. The minimum absolute atomic E-state index is 0.0237. The van der Waals surface area contributed by atoms with Crippen molar-refractivity contribution in [3.05, 3.63) is 15.8 Å². The zero-order valence-corrected chi connectivity index (χ0v) is 15.4. The first-order chi connectivity index (χ1) is 9.85. The summed E-state index contributed by atoms with van der Waals surface area (Å²) in [7, 11) is 0. The van der Waals surface area contributed by atoms with Crippen molar-refractivity contribution in [3.63, 3.8) is 0 Å². The van der Waals surface area contributed by atoms with E-state index in [4.69, 9.17) is 9.47 Å². The molecule has 0 aliphatic carbocycles. The first kappa shape index (κ1) is 18.5. The summed E-state index contributed by atoms with van der Waals surface area (Å²) in [6.45, 7) is 14.6.